The van der Waals surface area contributed by atoms with Crippen LogP contribution in [0.1, 0.15) is 47.0 Å². The van der Waals surface area contributed by atoms with Crippen LogP contribution in [0.3, 0.4) is 0 Å². The normalized spacial score (nSPS) is 32.5. The molecule has 0 radical (unpaired) electrons. The molecule has 1 aliphatic rings. The van der Waals surface area contributed by atoms with Crippen molar-refractivity contribution in [1.82, 2.24) is 5.32 Å². The Morgan fingerprint density at radius 3 is 2.12 bits per heavy atom. The highest BCUT2D eigenvalue weighted by molar-refractivity contribution is 5.82. The predicted molar refractivity (Wildman–Crippen MR) is 66.9 cm³/mol. The molecule has 3 nitrogen and oxygen atoms in total. The van der Waals surface area contributed by atoms with Gasteiger partial charge in [0, 0.05) is 6.04 Å². The fourth-order valence-corrected chi connectivity index (χ4v) is 2.66. The first-order chi connectivity index (χ1) is 7.40. The second-order valence-electron chi connectivity index (χ2n) is 5.89. The number of nitrogens with two attached hydrogens (primary N) is 1. The van der Waals surface area contributed by atoms with Gasteiger partial charge in [-0.15, -0.1) is 0 Å². The van der Waals surface area contributed by atoms with E-state index in [2.05, 4.69) is 19.2 Å². The summed E-state index contributed by atoms with van der Waals surface area (Å²) >= 11 is 0. The second kappa shape index (κ2) is 5.67. The second-order valence-corrected chi connectivity index (χ2v) is 5.89. The molecule has 1 fully saturated rings. The van der Waals surface area contributed by atoms with Gasteiger partial charge in [0.25, 0.3) is 0 Å². The van der Waals surface area contributed by atoms with Crippen LogP contribution in [0.4, 0.5) is 0 Å². The van der Waals surface area contributed by atoms with Crippen molar-refractivity contribution in [2.45, 2.75) is 59.0 Å². The molecular weight excluding hydrogens is 200 g/mol. The van der Waals surface area contributed by atoms with Crippen molar-refractivity contribution in [1.29, 1.82) is 0 Å². The molecule has 0 bridgehead atoms. The average Bonchev–Trinajstić information content (AvgIpc) is 2.14. The lowest BCUT2D eigenvalue weighted by molar-refractivity contribution is -0.124. The topological polar surface area (TPSA) is 55.1 Å². The Balaban J connectivity index is 2.44. The van der Waals surface area contributed by atoms with E-state index in [1.54, 1.807) is 0 Å². The maximum absolute atomic E-state index is 11.8. The van der Waals surface area contributed by atoms with E-state index in [9.17, 15) is 4.79 Å². The zero-order valence-corrected chi connectivity index (χ0v) is 11.0. The molecule has 3 heteroatoms. The molecule has 0 heterocycles. The summed E-state index contributed by atoms with van der Waals surface area (Å²) < 4.78 is 0. The molecule has 3 atom stereocenters. The number of carbonyl (C=O) groups is 1. The standard InChI is InChI=1S/C13H26N2O/c1-8(2)12(14)13(16)15-11-6-9(3)5-10(4)7-11/h8-12H,5-7,14H2,1-4H3,(H,15,16)/t9?,10?,11?,12-/m1/s1. The molecule has 0 spiro atoms. The van der Waals surface area contributed by atoms with E-state index >= 15 is 0 Å². The summed E-state index contributed by atoms with van der Waals surface area (Å²) in [5, 5.41) is 3.10. The molecule has 2 unspecified atom stereocenters. The number of hydrogen-bond donors (Lipinski definition) is 2. The van der Waals surface area contributed by atoms with Crippen molar-refractivity contribution in [3.63, 3.8) is 0 Å². The lowest BCUT2D eigenvalue weighted by Gasteiger charge is -2.32. The van der Waals surface area contributed by atoms with Crippen LogP contribution in [0.5, 0.6) is 0 Å². The summed E-state index contributed by atoms with van der Waals surface area (Å²) in [5.74, 6) is 1.65. The number of rotatable bonds is 3. The molecule has 1 aliphatic carbocycles. The molecule has 1 rings (SSSR count). The quantitative estimate of drug-likeness (QED) is 0.772. The van der Waals surface area contributed by atoms with Crippen LogP contribution in [-0.4, -0.2) is 18.0 Å². The fourth-order valence-electron chi connectivity index (χ4n) is 2.66. The predicted octanol–water partition coefficient (Wildman–Crippen LogP) is 1.91. The third kappa shape index (κ3) is 3.78. The summed E-state index contributed by atoms with van der Waals surface area (Å²) in [5.41, 5.74) is 5.83. The molecule has 16 heavy (non-hydrogen) atoms. The molecule has 0 aromatic rings. The summed E-state index contributed by atoms with van der Waals surface area (Å²) in [6, 6.07) is -0.0383. The summed E-state index contributed by atoms with van der Waals surface area (Å²) in [7, 11) is 0. The SMILES string of the molecule is CC1CC(C)CC(NC(=O)[C@H](N)C(C)C)C1. The maximum atomic E-state index is 11.8. The van der Waals surface area contributed by atoms with Crippen molar-refractivity contribution in [2.24, 2.45) is 23.5 Å². The van der Waals surface area contributed by atoms with Crippen LogP contribution < -0.4 is 11.1 Å². The smallest absolute Gasteiger partial charge is 0.237 e. The van der Waals surface area contributed by atoms with Gasteiger partial charge in [0.15, 0.2) is 0 Å². The van der Waals surface area contributed by atoms with Gasteiger partial charge in [-0.2, -0.15) is 0 Å². The maximum Gasteiger partial charge on any atom is 0.237 e. The van der Waals surface area contributed by atoms with E-state index in [-0.39, 0.29) is 17.9 Å². The molecule has 0 aliphatic heterocycles. The molecule has 94 valence electrons. The molecule has 3 N–H and O–H groups in total. The molecule has 1 saturated carbocycles. The van der Waals surface area contributed by atoms with Gasteiger partial charge in [0.1, 0.15) is 0 Å². The van der Waals surface area contributed by atoms with Crippen molar-refractivity contribution < 1.29 is 4.79 Å². The van der Waals surface area contributed by atoms with Gasteiger partial charge >= 0.3 is 0 Å². The van der Waals surface area contributed by atoms with E-state index < -0.39 is 0 Å². The van der Waals surface area contributed by atoms with E-state index in [1.807, 2.05) is 13.8 Å². The highest BCUT2D eigenvalue weighted by atomic mass is 16.2. The minimum absolute atomic E-state index is 0.0151. The van der Waals surface area contributed by atoms with Crippen LogP contribution in [0.25, 0.3) is 0 Å². The monoisotopic (exact) mass is 226 g/mol. The molecule has 0 aromatic heterocycles. The molecule has 0 saturated heterocycles. The Hall–Kier alpha value is -0.570. The first kappa shape index (κ1) is 13.5. The van der Waals surface area contributed by atoms with Crippen molar-refractivity contribution >= 4 is 5.91 Å². The van der Waals surface area contributed by atoms with Crippen LogP contribution >= 0.6 is 0 Å². The molecule has 1 amide bonds. The van der Waals surface area contributed by atoms with Gasteiger partial charge in [0.05, 0.1) is 6.04 Å². The van der Waals surface area contributed by atoms with Gasteiger partial charge in [-0.25, -0.2) is 0 Å². The largest absolute Gasteiger partial charge is 0.352 e. The van der Waals surface area contributed by atoms with Gasteiger partial charge < -0.3 is 11.1 Å². The van der Waals surface area contributed by atoms with Gasteiger partial charge in [-0.1, -0.05) is 27.7 Å². The third-order valence-electron chi connectivity index (χ3n) is 3.55. The lowest BCUT2D eigenvalue weighted by atomic mass is 9.80. The van der Waals surface area contributed by atoms with Crippen molar-refractivity contribution in [3.05, 3.63) is 0 Å². The zero-order chi connectivity index (χ0) is 12.3. The van der Waals surface area contributed by atoms with Crippen LogP contribution in [-0.2, 0) is 4.79 Å². The Labute approximate surface area is 99.2 Å². The summed E-state index contributed by atoms with van der Waals surface area (Å²) in [6.07, 6.45) is 3.48. The van der Waals surface area contributed by atoms with E-state index in [0.29, 0.717) is 17.9 Å². The Morgan fingerprint density at radius 2 is 1.69 bits per heavy atom. The average molecular weight is 226 g/mol. The van der Waals surface area contributed by atoms with Gasteiger partial charge in [-0.3, -0.25) is 4.79 Å². The van der Waals surface area contributed by atoms with E-state index in [0.717, 1.165) is 12.8 Å². The Bertz CT molecular complexity index is 230. The van der Waals surface area contributed by atoms with Crippen molar-refractivity contribution in [2.75, 3.05) is 0 Å². The third-order valence-corrected chi connectivity index (χ3v) is 3.55. The minimum atomic E-state index is -0.368. The Kier molecular flexibility index (Phi) is 4.78. The van der Waals surface area contributed by atoms with Gasteiger partial charge in [-0.05, 0) is 37.0 Å². The number of nitrogens with one attached hydrogen (secondary N) is 1. The van der Waals surface area contributed by atoms with Gasteiger partial charge in [0.2, 0.25) is 5.91 Å². The van der Waals surface area contributed by atoms with Crippen LogP contribution in [0.2, 0.25) is 0 Å². The number of amides is 1. The Morgan fingerprint density at radius 1 is 1.19 bits per heavy atom. The molecule has 0 aromatic carbocycles. The van der Waals surface area contributed by atoms with Crippen molar-refractivity contribution in [3.8, 4) is 0 Å². The number of hydrogen-bond acceptors (Lipinski definition) is 2. The lowest BCUT2D eigenvalue weighted by Crippen LogP contribution is -2.49. The zero-order valence-electron chi connectivity index (χ0n) is 11.0. The van der Waals surface area contributed by atoms with E-state index in [4.69, 9.17) is 5.73 Å². The summed E-state index contributed by atoms with van der Waals surface area (Å²) in [6.45, 7) is 8.49. The number of carbonyl (C=O) groups excluding carboxylic acids is 1. The highest BCUT2D eigenvalue weighted by Gasteiger charge is 2.27. The first-order valence-corrected chi connectivity index (χ1v) is 6.46. The van der Waals surface area contributed by atoms with Crippen LogP contribution in [0, 0.1) is 17.8 Å². The fraction of sp³-hybridized carbons (Fsp3) is 0.923. The van der Waals surface area contributed by atoms with E-state index in [1.165, 1.54) is 6.42 Å². The van der Waals surface area contributed by atoms with Crippen LogP contribution in [0.15, 0.2) is 0 Å². The molecular formula is C13H26N2O. The summed E-state index contributed by atoms with van der Waals surface area (Å²) in [4.78, 5) is 11.8. The first-order valence-electron chi connectivity index (χ1n) is 6.46. The minimum Gasteiger partial charge on any atom is -0.352 e. The highest BCUT2D eigenvalue weighted by Crippen LogP contribution is 2.28.